The van der Waals surface area contributed by atoms with Gasteiger partial charge in [-0.05, 0) is 43.2 Å². The van der Waals surface area contributed by atoms with Gasteiger partial charge in [-0.1, -0.05) is 17.7 Å². The van der Waals surface area contributed by atoms with Crippen molar-refractivity contribution in [3.63, 3.8) is 0 Å². The lowest BCUT2D eigenvalue weighted by atomic mass is 9.92. The smallest absolute Gasteiger partial charge is 0.227 e. The van der Waals surface area contributed by atoms with Crippen molar-refractivity contribution in [3.05, 3.63) is 47.0 Å². The standard InChI is InChI=1S/C29H41ClFN5O6/c30-22-13-33-29(34-14-22)35-7-5-19(6-8-35)2-1-9-42-23-4-3-21(24(31)11-23)10-27(40)36-16-20(17-36)12-32-15-25(38)28(41)26(39)18-37/h3-4,11,13-14,19-20,25-26,28,32,37-39,41H,1-2,5-10,12,15-18H2/t25-,26+,28-/m0/s1. The molecule has 42 heavy (non-hydrogen) atoms. The summed E-state index contributed by atoms with van der Waals surface area (Å²) in [5, 5.41) is 41.2. The fourth-order valence-electron chi connectivity index (χ4n) is 5.31. The van der Waals surface area contributed by atoms with E-state index in [0.29, 0.717) is 54.4 Å². The second kappa shape index (κ2) is 15.7. The molecule has 1 aromatic carbocycles. The van der Waals surface area contributed by atoms with Gasteiger partial charge in [0.15, 0.2) is 0 Å². The zero-order chi connectivity index (χ0) is 30.1. The third kappa shape index (κ3) is 9.19. The van der Waals surface area contributed by atoms with Crippen molar-refractivity contribution < 1.29 is 34.3 Å². The van der Waals surface area contributed by atoms with Gasteiger partial charge < -0.3 is 40.3 Å². The first-order valence-electron chi connectivity index (χ1n) is 14.5. The van der Waals surface area contributed by atoms with Crippen molar-refractivity contribution in [2.45, 2.75) is 50.4 Å². The molecule has 0 saturated carbocycles. The highest BCUT2D eigenvalue weighted by Crippen LogP contribution is 2.25. The third-order valence-corrected chi connectivity index (χ3v) is 8.16. The number of nitrogens with zero attached hydrogens (tertiary/aromatic N) is 4. The summed E-state index contributed by atoms with van der Waals surface area (Å²) < 4.78 is 20.5. The molecule has 0 unspecified atom stereocenters. The molecule has 0 aliphatic carbocycles. The van der Waals surface area contributed by atoms with Gasteiger partial charge in [-0.15, -0.1) is 0 Å². The topological polar surface area (TPSA) is 152 Å². The lowest BCUT2D eigenvalue weighted by Crippen LogP contribution is -2.54. The summed E-state index contributed by atoms with van der Waals surface area (Å²) in [5.74, 6) is 1.31. The normalized spacial score (nSPS) is 18.4. The molecule has 1 amide bonds. The minimum Gasteiger partial charge on any atom is -0.493 e. The minimum absolute atomic E-state index is 0.0318. The lowest BCUT2D eigenvalue weighted by Gasteiger charge is -2.39. The number of nitrogens with one attached hydrogen (secondary N) is 1. The van der Waals surface area contributed by atoms with Crippen molar-refractivity contribution in [2.75, 3.05) is 57.4 Å². The van der Waals surface area contributed by atoms with Crippen LogP contribution < -0.4 is 15.0 Å². The Balaban J connectivity index is 1.08. The molecule has 2 fully saturated rings. The molecule has 232 valence electrons. The molecule has 0 bridgehead atoms. The number of amides is 1. The van der Waals surface area contributed by atoms with Gasteiger partial charge in [0.2, 0.25) is 11.9 Å². The summed E-state index contributed by atoms with van der Waals surface area (Å²) in [4.78, 5) is 25.0. The molecule has 11 nitrogen and oxygen atoms in total. The van der Waals surface area contributed by atoms with Gasteiger partial charge >= 0.3 is 0 Å². The number of aliphatic hydroxyl groups excluding tert-OH is 4. The number of carbonyl (C=O) groups excluding carboxylic acids is 1. The van der Waals surface area contributed by atoms with Crippen LogP contribution in [0, 0.1) is 17.7 Å². The van der Waals surface area contributed by atoms with Crippen molar-refractivity contribution in [1.82, 2.24) is 20.2 Å². The number of benzene rings is 1. The van der Waals surface area contributed by atoms with Crippen molar-refractivity contribution in [1.29, 1.82) is 0 Å². The number of ether oxygens (including phenoxy) is 1. The van der Waals surface area contributed by atoms with Gasteiger partial charge in [-0.2, -0.15) is 0 Å². The summed E-state index contributed by atoms with van der Waals surface area (Å²) in [5.41, 5.74) is 0.324. The average Bonchev–Trinajstić information content (AvgIpc) is 2.97. The number of hydrogen-bond donors (Lipinski definition) is 5. The highest BCUT2D eigenvalue weighted by atomic mass is 35.5. The first kappa shape index (κ1) is 32.3. The molecule has 2 aliphatic heterocycles. The third-order valence-electron chi connectivity index (χ3n) is 7.97. The highest BCUT2D eigenvalue weighted by molar-refractivity contribution is 6.30. The Morgan fingerprint density at radius 2 is 1.83 bits per heavy atom. The lowest BCUT2D eigenvalue weighted by molar-refractivity contribution is -0.136. The van der Waals surface area contributed by atoms with Crippen LogP contribution in [0.1, 0.15) is 31.2 Å². The molecule has 3 heterocycles. The van der Waals surface area contributed by atoms with Crippen molar-refractivity contribution >= 4 is 23.5 Å². The van der Waals surface area contributed by atoms with E-state index in [-0.39, 0.29) is 24.8 Å². The second-order valence-electron chi connectivity index (χ2n) is 11.2. The molecule has 0 radical (unpaired) electrons. The fourth-order valence-corrected chi connectivity index (χ4v) is 5.41. The van der Waals surface area contributed by atoms with Crippen LogP contribution in [0.5, 0.6) is 5.75 Å². The molecule has 1 aromatic heterocycles. The SMILES string of the molecule is O=C(Cc1ccc(OCCCC2CCN(c3ncc(Cl)cn3)CC2)cc1F)N1CC(CNC[C@H](O)[C@H](O)[C@H](O)CO)C1. The Kier molecular flexibility index (Phi) is 12.1. The van der Waals surface area contributed by atoms with E-state index in [9.17, 15) is 24.5 Å². The van der Waals surface area contributed by atoms with E-state index in [0.717, 1.165) is 38.8 Å². The highest BCUT2D eigenvalue weighted by Gasteiger charge is 2.31. The van der Waals surface area contributed by atoms with E-state index < -0.39 is 30.7 Å². The van der Waals surface area contributed by atoms with Crippen LogP contribution >= 0.6 is 11.6 Å². The van der Waals surface area contributed by atoms with Gasteiger partial charge in [-0.25, -0.2) is 14.4 Å². The molecule has 4 rings (SSSR count). The number of rotatable bonds is 15. The molecule has 0 spiro atoms. The molecular weight excluding hydrogens is 569 g/mol. The fraction of sp³-hybridized carbons (Fsp3) is 0.621. The van der Waals surface area contributed by atoms with Gasteiger partial charge in [0.05, 0.1) is 43.2 Å². The van der Waals surface area contributed by atoms with E-state index in [1.54, 1.807) is 29.4 Å². The zero-order valence-electron chi connectivity index (χ0n) is 23.6. The molecule has 2 aliphatic rings. The maximum Gasteiger partial charge on any atom is 0.227 e. The molecule has 5 N–H and O–H groups in total. The number of aromatic nitrogens is 2. The molecule has 2 aromatic rings. The first-order valence-corrected chi connectivity index (χ1v) is 14.9. The Labute approximate surface area is 250 Å². The van der Waals surface area contributed by atoms with Crippen LogP contribution in [0.3, 0.4) is 0 Å². The van der Waals surface area contributed by atoms with Crippen LogP contribution in [0.4, 0.5) is 10.3 Å². The Bertz CT molecular complexity index is 1130. The van der Waals surface area contributed by atoms with E-state index in [1.807, 2.05) is 0 Å². The number of hydrogen-bond acceptors (Lipinski definition) is 10. The van der Waals surface area contributed by atoms with Crippen LogP contribution in [0.2, 0.25) is 5.02 Å². The van der Waals surface area contributed by atoms with Gasteiger partial charge in [0.1, 0.15) is 23.8 Å². The number of halogens is 2. The predicted molar refractivity (Wildman–Crippen MR) is 155 cm³/mol. The molecule has 2 saturated heterocycles. The molecular formula is C29H41ClFN5O6. The number of piperidine rings is 1. The monoisotopic (exact) mass is 609 g/mol. The average molecular weight is 610 g/mol. The maximum absolute atomic E-state index is 14.7. The van der Waals surface area contributed by atoms with E-state index in [4.69, 9.17) is 21.4 Å². The summed E-state index contributed by atoms with van der Waals surface area (Å²) in [6.45, 7) is 3.25. The number of anilines is 1. The predicted octanol–water partition coefficient (Wildman–Crippen LogP) is 1.01. The minimum atomic E-state index is -1.44. The van der Waals surface area contributed by atoms with Crippen LogP contribution in [0.15, 0.2) is 30.6 Å². The van der Waals surface area contributed by atoms with Crippen molar-refractivity contribution in [2.24, 2.45) is 11.8 Å². The molecule has 13 heteroatoms. The van der Waals surface area contributed by atoms with E-state index in [2.05, 4.69) is 20.2 Å². The largest absolute Gasteiger partial charge is 0.493 e. The van der Waals surface area contributed by atoms with Crippen LogP contribution in [0.25, 0.3) is 0 Å². The summed E-state index contributed by atoms with van der Waals surface area (Å²) in [6, 6.07) is 4.64. The summed E-state index contributed by atoms with van der Waals surface area (Å²) in [6.07, 6.45) is 3.15. The Hall–Kier alpha value is -2.61. The maximum atomic E-state index is 14.7. The van der Waals surface area contributed by atoms with Crippen LogP contribution in [-0.4, -0.2) is 112 Å². The van der Waals surface area contributed by atoms with Crippen molar-refractivity contribution in [3.8, 4) is 5.75 Å². The quantitative estimate of drug-likeness (QED) is 0.185. The number of carbonyl (C=O) groups is 1. The van der Waals surface area contributed by atoms with Gasteiger partial charge in [0.25, 0.3) is 0 Å². The molecule has 3 atom stereocenters. The van der Waals surface area contributed by atoms with E-state index >= 15 is 0 Å². The second-order valence-corrected chi connectivity index (χ2v) is 11.6. The van der Waals surface area contributed by atoms with Crippen LogP contribution in [-0.2, 0) is 11.2 Å². The first-order chi connectivity index (χ1) is 20.2. The number of likely N-dealkylation sites (tertiary alicyclic amines) is 1. The number of aliphatic hydroxyl groups is 4. The van der Waals surface area contributed by atoms with Gasteiger partial charge in [-0.3, -0.25) is 4.79 Å². The Morgan fingerprint density at radius 3 is 2.50 bits per heavy atom. The van der Waals surface area contributed by atoms with E-state index in [1.165, 1.54) is 6.07 Å². The van der Waals surface area contributed by atoms with Gasteiger partial charge in [0, 0.05) is 51.3 Å². The summed E-state index contributed by atoms with van der Waals surface area (Å²) in [7, 11) is 0. The Morgan fingerprint density at radius 1 is 1.12 bits per heavy atom. The summed E-state index contributed by atoms with van der Waals surface area (Å²) >= 11 is 5.87. The zero-order valence-corrected chi connectivity index (χ0v) is 24.4.